The number of nitrogens with zero attached hydrogens (tertiary/aromatic N) is 2. The fraction of sp³-hybridized carbons (Fsp3) is 0.400. The average molecular weight is 259 g/mol. The SMILES string of the molecule is C=C(C(N)=O)c1cccc(N2CCN(CC)CC2)c1. The van der Waals surface area contributed by atoms with Gasteiger partial charge >= 0.3 is 0 Å². The Balaban J connectivity index is 2.11. The topological polar surface area (TPSA) is 49.6 Å². The van der Waals surface area contributed by atoms with E-state index >= 15 is 0 Å². The van der Waals surface area contributed by atoms with Crippen LogP contribution in [0.4, 0.5) is 5.69 Å². The molecule has 1 aliphatic rings. The van der Waals surface area contributed by atoms with E-state index in [2.05, 4.69) is 29.4 Å². The molecule has 2 N–H and O–H groups in total. The Bertz CT molecular complexity index is 476. The van der Waals surface area contributed by atoms with E-state index in [0.717, 1.165) is 44.0 Å². The zero-order valence-corrected chi connectivity index (χ0v) is 11.4. The minimum Gasteiger partial charge on any atom is -0.369 e. The minimum absolute atomic E-state index is 0.369. The summed E-state index contributed by atoms with van der Waals surface area (Å²) in [6, 6.07) is 7.89. The van der Waals surface area contributed by atoms with Crippen LogP contribution in [0.2, 0.25) is 0 Å². The first kappa shape index (κ1) is 13.6. The number of rotatable bonds is 4. The van der Waals surface area contributed by atoms with Crippen LogP contribution in [0.1, 0.15) is 12.5 Å². The predicted octanol–water partition coefficient (Wildman–Crippen LogP) is 1.33. The number of carbonyl (C=O) groups excluding carboxylic acids is 1. The molecule has 1 saturated heterocycles. The second kappa shape index (κ2) is 5.89. The highest BCUT2D eigenvalue weighted by Crippen LogP contribution is 2.21. The first-order chi connectivity index (χ1) is 9.11. The van der Waals surface area contributed by atoms with Crippen LogP contribution in [0.5, 0.6) is 0 Å². The van der Waals surface area contributed by atoms with E-state index in [-0.39, 0.29) is 0 Å². The Morgan fingerprint density at radius 1 is 1.32 bits per heavy atom. The first-order valence-corrected chi connectivity index (χ1v) is 6.68. The zero-order chi connectivity index (χ0) is 13.8. The summed E-state index contributed by atoms with van der Waals surface area (Å²) < 4.78 is 0. The lowest BCUT2D eigenvalue weighted by atomic mass is 10.1. The van der Waals surface area contributed by atoms with Crippen LogP contribution >= 0.6 is 0 Å². The molecule has 0 spiro atoms. The molecule has 19 heavy (non-hydrogen) atoms. The van der Waals surface area contributed by atoms with Crippen molar-refractivity contribution in [2.45, 2.75) is 6.92 Å². The van der Waals surface area contributed by atoms with Gasteiger partial charge in [-0.25, -0.2) is 0 Å². The highest BCUT2D eigenvalue weighted by molar-refractivity contribution is 6.18. The maximum atomic E-state index is 11.2. The van der Waals surface area contributed by atoms with Gasteiger partial charge in [0.05, 0.1) is 0 Å². The maximum Gasteiger partial charge on any atom is 0.248 e. The number of hydrogen-bond acceptors (Lipinski definition) is 3. The molecule has 1 aromatic rings. The molecule has 4 heteroatoms. The molecular formula is C15H21N3O. The van der Waals surface area contributed by atoms with Gasteiger partial charge in [-0.15, -0.1) is 0 Å². The fourth-order valence-electron chi connectivity index (χ4n) is 2.35. The van der Waals surface area contributed by atoms with Gasteiger partial charge in [-0.2, -0.15) is 0 Å². The molecule has 4 nitrogen and oxygen atoms in total. The molecule has 0 aliphatic carbocycles. The van der Waals surface area contributed by atoms with Crippen LogP contribution in [-0.2, 0) is 4.79 Å². The number of nitrogens with two attached hydrogens (primary N) is 1. The van der Waals surface area contributed by atoms with Gasteiger partial charge < -0.3 is 15.5 Å². The van der Waals surface area contributed by atoms with Crippen LogP contribution in [0.15, 0.2) is 30.8 Å². The standard InChI is InChI=1S/C15H21N3O/c1-3-17-7-9-18(10-8-17)14-6-4-5-13(11-14)12(2)15(16)19/h4-6,11H,2-3,7-10H2,1H3,(H2,16,19). The molecular weight excluding hydrogens is 238 g/mol. The lowest BCUT2D eigenvalue weighted by Gasteiger charge is -2.35. The van der Waals surface area contributed by atoms with E-state index in [0.29, 0.717) is 5.57 Å². The molecule has 1 fully saturated rings. The van der Waals surface area contributed by atoms with Gasteiger partial charge in [0.25, 0.3) is 0 Å². The number of primary amides is 1. The maximum absolute atomic E-state index is 11.2. The summed E-state index contributed by atoms with van der Waals surface area (Å²) in [5, 5.41) is 0. The smallest absolute Gasteiger partial charge is 0.248 e. The lowest BCUT2D eigenvalue weighted by Crippen LogP contribution is -2.46. The normalized spacial score (nSPS) is 16.4. The summed E-state index contributed by atoms with van der Waals surface area (Å²) in [4.78, 5) is 15.9. The molecule has 1 heterocycles. The Hall–Kier alpha value is -1.81. The van der Waals surface area contributed by atoms with Crippen LogP contribution in [0, 0.1) is 0 Å². The Kier molecular flexibility index (Phi) is 4.22. The molecule has 0 aromatic heterocycles. The second-order valence-corrected chi connectivity index (χ2v) is 4.81. The first-order valence-electron chi connectivity index (χ1n) is 6.68. The third-order valence-corrected chi connectivity index (χ3v) is 3.68. The summed E-state index contributed by atoms with van der Waals surface area (Å²) in [5.41, 5.74) is 7.59. The largest absolute Gasteiger partial charge is 0.369 e. The molecule has 102 valence electrons. The van der Waals surface area contributed by atoms with Crippen molar-refractivity contribution in [3.63, 3.8) is 0 Å². The number of likely N-dealkylation sites (N-methyl/N-ethyl adjacent to an activating group) is 1. The van der Waals surface area contributed by atoms with Crippen molar-refractivity contribution in [1.82, 2.24) is 4.90 Å². The van der Waals surface area contributed by atoms with Crippen molar-refractivity contribution in [3.05, 3.63) is 36.4 Å². The quantitative estimate of drug-likeness (QED) is 0.830. The summed E-state index contributed by atoms with van der Waals surface area (Å²) in [5.74, 6) is -0.465. The average Bonchev–Trinajstić information content (AvgIpc) is 2.46. The number of hydrogen-bond donors (Lipinski definition) is 1. The number of benzene rings is 1. The van der Waals surface area contributed by atoms with Crippen LogP contribution in [0.3, 0.4) is 0 Å². The lowest BCUT2D eigenvalue weighted by molar-refractivity contribution is -0.112. The van der Waals surface area contributed by atoms with Gasteiger partial charge in [-0.3, -0.25) is 4.79 Å². The highest BCUT2D eigenvalue weighted by atomic mass is 16.1. The summed E-state index contributed by atoms with van der Waals surface area (Å²) in [6.07, 6.45) is 0. The molecule has 1 aliphatic heterocycles. The predicted molar refractivity (Wildman–Crippen MR) is 79.0 cm³/mol. The van der Waals surface area contributed by atoms with E-state index < -0.39 is 5.91 Å². The van der Waals surface area contributed by atoms with Crippen molar-refractivity contribution < 1.29 is 4.79 Å². The van der Waals surface area contributed by atoms with Crippen molar-refractivity contribution in [2.75, 3.05) is 37.6 Å². The van der Waals surface area contributed by atoms with E-state index in [4.69, 9.17) is 5.73 Å². The molecule has 0 unspecified atom stereocenters. The van der Waals surface area contributed by atoms with Gasteiger partial charge in [0.1, 0.15) is 0 Å². The van der Waals surface area contributed by atoms with E-state index in [1.54, 1.807) is 0 Å². The van der Waals surface area contributed by atoms with Gasteiger partial charge in [0, 0.05) is 37.4 Å². The Morgan fingerprint density at radius 3 is 2.58 bits per heavy atom. The second-order valence-electron chi connectivity index (χ2n) is 4.81. The summed E-state index contributed by atoms with van der Waals surface area (Å²) in [6.45, 7) is 11.2. The highest BCUT2D eigenvalue weighted by Gasteiger charge is 2.16. The third-order valence-electron chi connectivity index (χ3n) is 3.68. The van der Waals surface area contributed by atoms with Crippen LogP contribution in [0.25, 0.3) is 5.57 Å². The molecule has 0 bridgehead atoms. The number of piperazine rings is 1. The van der Waals surface area contributed by atoms with Gasteiger partial charge in [0.2, 0.25) is 5.91 Å². The molecule has 2 rings (SSSR count). The molecule has 0 radical (unpaired) electrons. The summed E-state index contributed by atoms with van der Waals surface area (Å²) >= 11 is 0. The van der Waals surface area contributed by atoms with Crippen LogP contribution in [-0.4, -0.2) is 43.5 Å². The van der Waals surface area contributed by atoms with E-state index in [1.807, 2.05) is 18.2 Å². The van der Waals surface area contributed by atoms with Crippen molar-refractivity contribution >= 4 is 17.2 Å². The van der Waals surface area contributed by atoms with E-state index in [9.17, 15) is 4.79 Å². The van der Waals surface area contributed by atoms with Gasteiger partial charge in [-0.1, -0.05) is 25.6 Å². The fourth-order valence-corrected chi connectivity index (χ4v) is 2.35. The monoisotopic (exact) mass is 259 g/mol. The van der Waals surface area contributed by atoms with Crippen molar-refractivity contribution in [1.29, 1.82) is 0 Å². The Labute approximate surface area is 114 Å². The van der Waals surface area contributed by atoms with Gasteiger partial charge in [0.15, 0.2) is 0 Å². The van der Waals surface area contributed by atoms with Gasteiger partial charge in [-0.05, 0) is 24.2 Å². The van der Waals surface area contributed by atoms with Crippen molar-refractivity contribution in [2.24, 2.45) is 5.73 Å². The van der Waals surface area contributed by atoms with E-state index in [1.165, 1.54) is 0 Å². The Morgan fingerprint density at radius 2 is 2.00 bits per heavy atom. The minimum atomic E-state index is -0.465. The molecule has 0 saturated carbocycles. The summed E-state index contributed by atoms with van der Waals surface area (Å²) in [7, 11) is 0. The van der Waals surface area contributed by atoms with Crippen LogP contribution < -0.4 is 10.6 Å². The van der Waals surface area contributed by atoms with Crippen molar-refractivity contribution in [3.8, 4) is 0 Å². The zero-order valence-electron chi connectivity index (χ0n) is 11.4. The number of carbonyl (C=O) groups is 1. The molecule has 0 atom stereocenters. The number of amides is 1. The molecule has 1 aromatic carbocycles. The molecule has 1 amide bonds. The number of anilines is 1. The third kappa shape index (κ3) is 3.15.